The number of carbonyl (C=O) groups is 1. The Kier molecular flexibility index (Phi) is 3.72. The second-order valence-corrected chi connectivity index (χ2v) is 4.12. The third-order valence-corrected chi connectivity index (χ3v) is 2.61. The normalized spacial score (nSPS) is 11.8. The fourth-order valence-electron chi connectivity index (χ4n) is 1.84. The highest BCUT2D eigenvalue weighted by molar-refractivity contribution is 5.88. The summed E-state index contributed by atoms with van der Waals surface area (Å²) in [7, 11) is 0. The van der Waals surface area contributed by atoms with Gasteiger partial charge in [0.15, 0.2) is 0 Å². The van der Waals surface area contributed by atoms with Crippen molar-refractivity contribution >= 4 is 23.1 Å². The molecule has 0 fully saturated rings. The maximum absolute atomic E-state index is 10.8. The number of hydrogen-bond donors (Lipinski definition) is 1. The molecule has 18 heavy (non-hydrogen) atoms. The highest BCUT2D eigenvalue weighted by Crippen LogP contribution is 2.22. The highest BCUT2D eigenvalue weighted by Gasteiger charge is 2.10. The predicted molar refractivity (Wildman–Crippen MR) is 71.3 cm³/mol. The summed E-state index contributed by atoms with van der Waals surface area (Å²) in [5.74, 6) is 0.823. The van der Waals surface area contributed by atoms with Crippen LogP contribution in [0.1, 0.15) is 20.3 Å². The van der Waals surface area contributed by atoms with Gasteiger partial charge in [0.1, 0.15) is 24.1 Å². The Hall–Kier alpha value is -2.17. The van der Waals surface area contributed by atoms with Crippen LogP contribution in [0.25, 0.3) is 11.0 Å². The van der Waals surface area contributed by atoms with Crippen LogP contribution in [0.4, 0.5) is 5.82 Å². The van der Waals surface area contributed by atoms with Crippen molar-refractivity contribution in [3.05, 3.63) is 30.4 Å². The fourth-order valence-corrected chi connectivity index (χ4v) is 1.84. The van der Waals surface area contributed by atoms with Crippen molar-refractivity contribution in [1.29, 1.82) is 0 Å². The first-order valence-corrected chi connectivity index (χ1v) is 5.94. The molecule has 0 radical (unpaired) electrons. The van der Waals surface area contributed by atoms with E-state index in [0.29, 0.717) is 5.57 Å². The molecular weight excluding hydrogens is 228 g/mol. The van der Waals surface area contributed by atoms with E-state index in [4.69, 9.17) is 0 Å². The van der Waals surface area contributed by atoms with Crippen LogP contribution in [0, 0.1) is 0 Å². The number of carbonyl (C=O) groups excluding carboxylic acids is 1. The number of hydrogen-bond acceptors (Lipinski definition) is 4. The fraction of sp³-hybridized carbons (Fsp3) is 0.308. The van der Waals surface area contributed by atoms with E-state index in [0.717, 1.165) is 36.1 Å². The summed E-state index contributed by atoms with van der Waals surface area (Å²) < 4.78 is 0. The quantitative estimate of drug-likeness (QED) is 0.647. The van der Waals surface area contributed by atoms with Crippen molar-refractivity contribution in [3.63, 3.8) is 0 Å². The summed E-state index contributed by atoms with van der Waals surface area (Å²) in [4.78, 5) is 24.3. The first kappa shape index (κ1) is 12.3. The van der Waals surface area contributed by atoms with Gasteiger partial charge in [0, 0.05) is 24.5 Å². The molecule has 2 heterocycles. The summed E-state index contributed by atoms with van der Waals surface area (Å²) in [6.45, 7) is 4.68. The third-order valence-electron chi connectivity index (χ3n) is 2.61. The zero-order chi connectivity index (χ0) is 13.0. The molecule has 0 saturated heterocycles. The number of nitrogens with one attached hydrogen (secondary N) is 1. The average Bonchev–Trinajstić information content (AvgIpc) is 2.86. The van der Waals surface area contributed by atoms with E-state index < -0.39 is 0 Å². The monoisotopic (exact) mass is 244 g/mol. The predicted octanol–water partition coefficient (Wildman–Crippen LogP) is 2.28. The minimum atomic E-state index is 0.672. The summed E-state index contributed by atoms with van der Waals surface area (Å²) in [5.41, 5.74) is 1.48. The zero-order valence-corrected chi connectivity index (χ0v) is 10.6. The van der Waals surface area contributed by atoms with Gasteiger partial charge in [0.05, 0.1) is 5.39 Å². The molecule has 5 nitrogen and oxygen atoms in total. The number of rotatable bonds is 5. The number of aromatic amines is 1. The molecule has 0 atom stereocenters. The summed E-state index contributed by atoms with van der Waals surface area (Å²) in [6, 6.07) is 1.94. The van der Waals surface area contributed by atoms with E-state index in [9.17, 15) is 4.79 Å². The van der Waals surface area contributed by atoms with Crippen LogP contribution in [0.2, 0.25) is 0 Å². The Labute approximate surface area is 106 Å². The zero-order valence-electron chi connectivity index (χ0n) is 10.6. The van der Waals surface area contributed by atoms with Crippen molar-refractivity contribution in [1.82, 2.24) is 15.0 Å². The van der Waals surface area contributed by atoms with E-state index in [1.807, 2.05) is 23.4 Å². The Bertz CT molecular complexity index is 573. The number of aromatic nitrogens is 3. The lowest BCUT2D eigenvalue weighted by Crippen LogP contribution is -2.19. The SMILES string of the molecule is CCCN(/C=C(\C)C=O)c1ncnc2[nH]ccc12. The van der Waals surface area contributed by atoms with Crippen molar-refractivity contribution in [2.75, 3.05) is 11.4 Å². The highest BCUT2D eigenvalue weighted by atomic mass is 16.1. The van der Waals surface area contributed by atoms with Gasteiger partial charge in [-0.15, -0.1) is 0 Å². The summed E-state index contributed by atoms with van der Waals surface area (Å²) in [6.07, 6.45) is 7.01. The molecule has 0 saturated carbocycles. The van der Waals surface area contributed by atoms with E-state index >= 15 is 0 Å². The molecular formula is C13H16N4O. The van der Waals surface area contributed by atoms with Gasteiger partial charge in [0.2, 0.25) is 0 Å². The van der Waals surface area contributed by atoms with Gasteiger partial charge in [-0.25, -0.2) is 9.97 Å². The second kappa shape index (κ2) is 5.44. The smallest absolute Gasteiger partial charge is 0.147 e. The van der Waals surface area contributed by atoms with Crippen LogP contribution in [-0.2, 0) is 4.79 Å². The molecule has 5 heteroatoms. The Morgan fingerprint density at radius 3 is 3.06 bits per heavy atom. The molecule has 0 unspecified atom stereocenters. The van der Waals surface area contributed by atoms with E-state index in [-0.39, 0.29) is 0 Å². The van der Waals surface area contributed by atoms with Gasteiger partial charge in [0.25, 0.3) is 0 Å². The molecule has 0 aromatic carbocycles. The van der Waals surface area contributed by atoms with Gasteiger partial charge >= 0.3 is 0 Å². The Morgan fingerprint density at radius 1 is 1.50 bits per heavy atom. The van der Waals surface area contributed by atoms with E-state index in [1.54, 1.807) is 6.92 Å². The average molecular weight is 244 g/mol. The summed E-state index contributed by atoms with van der Waals surface area (Å²) in [5, 5.41) is 0.959. The molecule has 0 aliphatic carbocycles. The minimum absolute atomic E-state index is 0.672. The summed E-state index contributed by atoms with van der Waals surface area (Å²) >= 11 is 0. The number of allylic oxidation sites excluding steroid dienone is 1. The lowest BCUT2D eigenvalue weighted by atomic mass is 10.3. The van der Waals surface area contributed by atoms with Crippen LogP contribution < -0.4 is 4.90 Å². The number of anilines is 1. The van der Waals surface area contributed by atoms with Gasteiger partial charge in [-0.05, 0) is 19.4 Å². The molecule has 94 valence electrons. The van der Waals surface area contributed by atoms with Crippen LogP contribution in [0.15, 0.2) is 30.4 Å². The topological polar surface area (TPSA) is 61.9 Å². The minimum Gasteiger partial charge on any atom is -0.346 e. The largest absolute Gasteiger partial charge is 0.346 e. The van der Waals surface area contributed by atoms with E-state index in [2.05, 4.69) is 21.9 Å². The lowest BCUT2D eigenvalue weighted by Gasteiger charge is -2.19. The third kappa shape index (κ3) is 2.40. The van der Waals surface area contributed by atoms with Crippen molar-refractivity contribution in [2.45, 2.75) is 20.3 Å². The van der Waals surface area contributed by atoms with Crippen LogP contribution >= 0.6 is 0 Å². The van der Waals surface area contributed by atoms with E-state index in [1.165, 1.54) is 6.33 Å². The van der Waals surface area contributed by atoms with Crippen molar-refractivity contribution in [2.24, 2.45) is 0 Å². The van der Waals surface area contributed by atoms with Gasteiger partial charge < -0.3 is 9.88 Å². The number of nitrogens with zero attached hydrogens (tertiary/aromatic N) is 3. The molecule has 0 amide bonds. The van der Waals surface area contributed by atoms with Gasteiger partial charge in [-0.3, -0.25) is 4.79 Å². The first-order chi connectivity index (χ1) is 8.76. The molecule has 1 N–H and O–H groups in total. The first-order valence-electron chi connectivity index (χ1n) is 5.94. The van der Waals surface area contributed by atoms with Gasteiger partial charge in [-0.2, -0.15) is 0 Å². The van der Waals surface area contributed by atoms with Gasteiger partial charge in [-0.1, -0.05) is 6.92 Å². The molecule has 0 aliphatic rings. The number of fused-ring (bicyclic) bond motifs is 1. The van der Waals surface area contributed by atoms with Crippen LogP contribution in [0.5, 0.6) is 0 Å². The van der Waals surface area contributed by atoms with Crippen LogP contribution in [0.3, 0.4) is 0 Å². The molecule has 0 bridgehead atoms. The maximum Gasteiger partial charge on any atom is 0.147 e. The Balaban J connectivity index is 2.47. The lowest BCUT2D eigenvalue weighted by molar-refractivity contribution is -0.104. The molecule has 0 aliphatic heterocycles. The number of H-pyrrole nitrogens is 1. The van der Waals surface area contributed by atoms with Crippen molar-refractivity contribution in [3.8, 4) is 0 Å². The second-order valence-electron chi connectivity index (χ2n) is 4.12. The number of aldehydes is 1. The molecule has 2 rings (SSSR count). The van der Waals surface area contributed by atoms with Crippen LogP contribution in [-0.4, -0.2) is 27.8 Å². The Morgan fingerprint density at radius 2 is 2.33 bits per heavy atom. The maximum atomic E-state index is 10.8. The molecule has 2 aromatic heterocycles. The standard InChI is InChI=1S/C13H16N4O/c1-3-6-17(7-10(2)8-18)13-11-4-5-14-12(11)15-9-16-13/h4-5,7-9H,3,6H2,1-2H3,(H,14,15,16)/b10-7+. The van der Waals surface area contributed by atoms with Crippen molar-refractivity contribution < 1.29 is 4.79 Å². The molecule has 2 aromatic rings. The molecule has 0 spiro atoms.